The van der Waals surface area contributed by atoms with Crippen LogP contribution in [0.15, 0.2) is 13.8 Å². The molecule has 2 aromatic heterocycles. The first-order valence-electron chi connectivity index (χ1n) is 5.80. The number of rotatable bonds is 3. The van der Waals surface area contributed by atoms with Gasteiger partial charge in [0.15, 0.2) is 11.6 Å². The molecule has 2 rings (SSSR count). The summed E-state index contributed by atoms with van der Waals surface area (Å²) in [7, 11) is 0. The van der Waals surface area contributed by atoms with E-state index in [9.17, 15) is 4.79 Å². The summed E-state index contributed by atoms with van der Waals surface area (Å²) >= 11 is 0. The highest BCUT2D eigenvalue weighted by Gasteiger charge is 2.25. The molecule has 0 saturated heterocycles. The van der Waals surface area contributed by atoms with Crippen LogP contribution in [-0.4, -0.2) is 19.9 Å². The lowest BCUT2D eigenvalue weighted by Gasteiger charge is -2.15. The molecule has 0 aliphatic heterocycles. The Morgan fingerprint density at radius 1 is 1.22 bits per heavy atom. The zero-order valence-electron chi connectivity index (χ0n) is 10.9. The minimum absolute atomic E-state index is 0.182. The van der Waals surface area contributed by atoms with Gasteiger partial charge in [0.25, 0.3) is 0 Å². The van der Waals surface area contributed by atoms with Crippen LogP contribution in [0.1, 0.15) is 45.2 Å². The summed E-state index contributed by atoms with van der Waals surface area (Å²) in [5.74, 6) is 1.04. The van der Waals surface area contributed by atoms with Crippen LogP contribution in [0.5, 0.6) is 0 Å². The summed E-state index contributed by atoms with van der Waals surface area (Å²) in [6, 6.07) is 0. The molecule has 98 valence electrons. The van der Waals surface area contributed by atoms with Crippen molar-refractivity contribution in [1.82, 2.24) is 19.9 Å². The Bertz CT molecular complexity index is 588. The highest BCUT2D eigenvalue weighted by atomic mass is 16.5. The van der Waals surface area contributed by atoms with Gasteiger partial charge < -0.3 is 4.52 Å². The van der Waals surface area contributed by atoms with Crippen molar-refractivity contribution in [3.05, 3.63) is 28.1 Å². The Morgan fingerprint density at radius 2 is 1.94 bits per heavy atom. The first-order valence-corrected chi connectivity index (χ1v) is 5.80. The maximum atomic E-state index is 11.6. The van der Waals surface area contributed by atoms with Gasteiger partial charge in [-0.15, -0.1) is 0 Å². The van der Waals surface area contributed by atoms with Gasteiger partial charge in [-0.2, -0.15) is 4.98 Å². The smallest absolute Gasteiger partial charge is 0.337 e. The molecule has 0 spiro atoms. The highest BCUT2D eigenvalue weighted by molar-refractivity contribution is 5.02. The van der Waals surface area contributed by atoms with E-state index in [1.54, 1.807) is 0 Å². The van der Waals surface area contributed by atoms with Crippen molar-refractivity contribution in [1.29, 1.82) is 0 Å². The first kappa shape index (κ1) is 12.5. The predicted octanol–water partition coefficient (Wildman–Crippen LogP) is 1.13. The number of aryl methyl sites for hydroxylation is 1. The molecule has 2 heterocycles. The van der Waals surface area contributed by atoms with Crippen molar-refractivity contribution >= 4 is 0 Å². The lowest BCUT2D eigenvalue weighted by molar-refractivity contribution is 0.351. The summed E-state index contributed by atoms with van der Waals surface area (Å²) in [6.07, 6.45) is 0.689. The first-order chi connectivity index (χ1) is 8.41. The number of hydrogen-bond acceptors (Lipinski definition) is 6. The quantitative estimate of drug-likeness (QED) is 0.813. The fraction of sp³-hybridized carbons (Fsp3) is 0.636. The normalized spacial score (nSPS) is 12.0. The molecule has 0 saturated carbocycles. The van der Waals surface area contributed by atoms with Crippen LogP contribution >= 0.6 is 0 Å². The van der Waals surface area contributed by atoms with Gasteiger partial charge in [-0.05, 0) is 0 Å². The molecular formula is C11H16N4O3. The van der Waals surface area contributed by atoms with Crippen molar-refractivity contribution in [2.24, 2.45) is 0 Å². The molecule has 0 bridgehead atoms. The SMILES string of the molecule is CCc1noc(Cn2c(C(C)(C)C)noc2=O)n1. The molecule has 18 heavy (non-hydrogen) atoms. The van der Waals surface area contributed by atoms with Crippen LogP contribution in [0.25, 0.3) is 0 Å². The van der Waals surface area contributed by atoms with E-state index in [1.807, 2.05) is 27.7 Å². The van der Waals surface area contributed by atoms with Crippen LogP contribution in [-0.2, 0) is 18.4 Å². The molecule has 0 radical (unpaired) electrons. The van der Waals surface area contributed by atoms with Crippen molar-refractivity contribution in [3.63, 3.8) is 0 Å². The Labute approximate surface area is 104 Å². The molecule has 0 amide bonds. The van der Waals surface area contributed by atoms with E-state index >= 15 is 0 Å². The second kappa shape index (κ2) is 4.40. The zero-order valence-corrected chi connectivity index (χ0v) is 10.9. The second-order valence-corrected chi connectivity index (χ2v) is 5.07. The fourth-order valence-corrected chi connectivity index (χ4v) is 1.58. The minimum Gasteiger partial charge on any atom is -0.337 e. The predicted molar refractivity (Wildman–Crippen MR) is 62.2 cm³/mol. The zero-order chi connectivity index (χ0) is 13.3. The van der Waals surface area contributed by atoms with Gasteiger partial charge in [0.2, 0.25) is 5.89 Å². The molecule has 0 atom stereocenters. The highest BCUT2D eigenvalue weighted by Crippen LogP contribution is 2.19. The summed E-state index contributed by atoms with van der Waals surface area (Å²) in [5.41, 5.74) is -0.292. The Hall–Kier alpha value is -1.92. The third-order valence-corrected chi connectivity index (χ3v) is 2.48. The van der Waals surface area contributed by atoms with Crippen molar-refractivity contribution in [2.45, 2.75) is 46.1 Å². The van der Waals surface area contributed by atoms with Gasteiger partial charge in [0.05, 0.1) is 0 Å². The topological polar surface area (TPSA) is 87.0 Å². The van der Waals surface area contributed by atoms with Gasteiger partial charge >= 0.3 is 5.76 Å². The Kier molecular flexibility index (Phi) is 3.06. The molecule has 2 aromatic rings. The van der Waals surface area contributed by atoms with Crippen LogP contribution in [0.2, 0.25) is 0 Å². The van der Waals surface area contributed by atoms with Crippen molar-refractivity contribution < 1.29 is 9.05 Å². The number of aromatic nitrogens is 4. The van der Waals surface area contributed by atoms with Gasteiger partial charge in [0.1, 0.15) is 6.54 Å². The van der Waals surface area contributed by atoms with Gasteiger partial charge in [-0.1, -0.05) is 38.0 Å². The maximum Gasteiger partial charge on any atom is 0.442 e. The van der Waals surface area contributed by atoms with Crippen LogP contribution in [0.4, 0.5) is 0 Å². The Morgan fingerprint density at radius 3 is 2.50 bits per heavy atom. The molecule has 0 fully saturated rings. The van der Waals surface area contributed by atoms with E-state index in [1.165, 1.54) is 4.57 Å². The molecular weight excluding hydrogens is 236 g/mol. The minimum atomic E-state index is -0.517. The number of hydrogen-bond donors (Lipinski definition) is 0. The lowest BCUT2D eigenvalue weighted by Crippen LogP contribution is -2.25. The second-order valence-electron chi connectivity index (χ2n) is 5.07. The maximum absolute atomic E-state index is 11.6. The van der Waals surface area contributed by atoms with E-state index in [4.69, 9.17) is 9.05 Å². The molecule has 0 aliphatic rings. The summed E-state index contributed by atoms with van der Waals surface area (Å²) in [4.78, 5) is 15.8. The molecule has 0 unspecified atom stereocenters. The van der Waals surface area contributed by atoms with E-state index < -0.39 is 5.76 Å². The van der Waals surface area contributed by atoms with Crippen molar-refractivity contribution in [3.8, 4) is 0 Å². The van der Waals surface area contributed by atoms with Crippen LogP contribution in [0.3, 0.4) is 0 Å². The monoisotopic (exact) mass is 252 g/mol. The lowest BCUT2D eigenvalue weighted by atomic mass is 9.96. The molecule has 7 heteroatoms. The van der Waals surface area contributed by atoms with E-state index in [0.29, 0.717) is 24.0 Å². The third kappa shape index (κ3) is 2.34. The van der Waals surface area contributed by atoms with E-state index in [-0.39, 0.29) is 12.0 Å². The summed E-state index contributed by atoms with van der Waals surface area (Å²) in [6.45, 7) is 7.97. The van der Waals surface area contributed by atoms with Gasteiger partial charge in [0, 0.05) is 11.8 Å². The van der Waals surface area contributed by atoms with Crippen LogP contribution < -0.4 is 5.76 Å². The Balaban J connectivity index is 2.34. The van der Waals surface area contributed by atoms with E-state index in [2.05, 4.69) is 15.3 Å². The average molecular weight is 252 g/mol. The van der Waals surface area contributed by atoms with Gasteiger partial charge in [-0.25, -0.2) is 4.79 Å². The number of nitrogens with zero attached hydrogens (tertiary/aromatic N) is 4. The molecule has 7 nitrogen and oxygen atoms in total. The van der Waals surface area contributed by atoms with E-state index in [0.717, 1.165) is 0 Å². The standard InChI is InChI=1S/C11H16N4O3/c1-5-7-12-8(17-13-7)6-15-9(11(2,3)4)14-18-10(15)16/h5-6H2,1-4H3. The van der Waals surface area contributed by atoms with Gasteiger partial charge in [-0.3, -0.25) is 9.09 Å². The van der Waals surface area contributed by atoms with Crippen LogP contribution in [0, 0.1) is 0 Å². The largest absolute Gasteiger partial charge is 0.442 e. The third-order valence-electron chi connectivity index (χ3n) is 2.48. The molecule has 0 aliphatic carbocycles. The fourth-order valence-electron chi connectivity index (χ4n) is 1.58. The molecule has 0 aromatic carbocycles. The summed E-state index contributed by atoms with van der Waals surface area (Å²) < 4.78 is 11.2. The summed E-state index contributed by atoms with van der Waals surface area (Å²) in [5, 5.41) is 7.58. The van der Waals surface area contributed by atoms with Crippen molar-refractivity contribution in [2.75, 3.05) is 0 Å². The average Bonchev–Trinajstić information content (AvgIpc) is 2.86. The molecule has 0 N–H and O–H groups in total.